The fourth-order valence-corrected chi connectivity index (χ4v) is 2.50. The summed E-state index contributed by atoms with van der Waals surface area (Å²) in [7, 11) is 2.18. The molecule has 0 fully saturated rings. The molecule has 1 aromatic rings. The second kappa shape index (κ2) is 6.76. The minimum absolute atomic E-state index is 0.321. The van der Waals surface area contributed by atoms with E-state index in [1.807, 2.05) is 6.07 Å². The van der Waals surface area contributed by atoms with Gasteiger partial charge in [-0.05, 0) is 44.6 Å². The van der Waals surface area contributed by atoms with Crippen LogP contribution in [0, 0.1) is 0 Å². The minimum atomic E-state index is 0.321. The summed E-state index contributed by atoms with van der Waals surface area (Å²) in [5, 5.41) is 0. The van der Waals surface area contributed by atoms with Gasteiger partial charge in [0.2, 0.25) is 0 Å². The Hall–Kier alpha value is -1.06. The molecule has 0 radical (unpaired) electrons. The summed E-state index contributed by atoms with van der Waals surface area (Å²) in [5.74, 6) is 1.07. The molecule has 0 aliphatic carbocycles. The van der Waals surface area contributed by atoms with Crippen molar-refractivity contribution in [1.82, 2.24) is 4.90 Å². The third-order valence-electron chi connectivity index (χ3n) is 3.47. The van der Waals surface area contributed by atoms with Crippen LogP contribution < -0.4 is 10.5 Å². The van der Waals surface area contributed by atoms with Crippen LogP contribution in [0.25, 0.3) is 0 Å². The summed E-state index contributed by atoms with van der Waals surface area (Å²) in [5.41, 5.74) is 6.84. The number of unbranched alkanes of at least 4 members (excludes halogenated alkanes) is 2. The lowest BCUT2D eigenvalue weighted by Crippen LogP contribution is -2.32. The maximum absolute atomic E-state index is 5.94. The van der Waals surface area contributed by atoms with Crippen molar-refractivity contribution in [3.05, 3.63) is 29.8 Å². The molecule has 1 unspecified atom stereocenters. The van der Waals surface area contributed by atoms with Crippen LogP contribution in [-0.4, -0.2) is 37.7 Å². The zero-order valence-electron chi connectivity index (χ0n) is 11.3. The van der Waals surface area contributed by atoms with Crippen molar-refractivity contribution in [2.75, 3.05) is 26.7 Å². The molecule has 1 atom stereocenters. The van der Waals surface area contributed by atoms with Crippen LogP contribution in [0.3, 0.4) is 0 Å². The SMILES string of the molecule is CN(CCCCCN)CC1Cc2ccccc2O1. The molecule has 18 heavy (non-hydrogen) atoms. The van der Waals surface area contributed by atoms with E-state index < -0.39 is 0 Å². The van der Waals surface area contributed by atoms with Crippen LogP contribution in [0.1, 0.15) is 24.8 Å². The van der Waals surface area contributed by atoms with E-state index >= 15 is 0 Å². The second-order valence-corrected chi connectivity index (χ2v) is 5.16. The standard InChI is InChI=1S/C15H24N2O/c1-17(10-6-2-5-9-16)12-14-11-13-7-3-4-8-15(13)18-14/h3-4,7-8,14H,2,5-6,9-12,16H2,1H3. The Morgan fingerprint density at radius 3 is 2.89 bits per heavy atom. The Labute approximate surface area is 110 Å². The summed E-state index contributed by atoms with van der Waals surface area (Å²) in [4.78, 5) is 2.37. The molecule has 100 valence electrons. The monoisotopic (exact) mass is 248 g/mol. The Balaban J connectivity index is 1.69. The van der Waals surface area contributed by atoms with Crippen LogP contribution in [0.2, 0.25) is 0 Å². The molecule has 0 amide bonds. The first kappa shape index (κ1) is 13.4. The fourth-order valence-electron chi connectivity index (χ4n) is 2.50. The van der Waals surface area contributed by atoms with Gasteiger partial charge in [0.1, 0.15) is 11.9 Å². The molecule has 2 rings (SSSR count). The fraction of sp³-hybridized carbons (Fsp3) is 0.600. The van der Waals surface area contributed by atoms with Crippen LogP contribution >= 0.6 is 0 Å². The number of ether oxygens (including phenoxy) is 1. The lowest BCUT2D eigenvalue weighted by molar-refractivity contribution is 0.167. The number of nitrogens with two attached hydrogens (primary N) is 1. The number of fused-ring (bicyclic) bond motifs is 1. The number of nitrogens with zero attached hydrogens (tertiary/aromatic N) is 1. The smallest absolute Gasteiger partial charge is 0.123 e. The summed E-state index contributed by atoms with van der Waals surface area (Å²) in [6.07, 6.45) is 4.96. The van der Waals surface area contributed by atoms with Crippen molar-refractivity contribution in [2.45, 2.75) is 31.8 Å². The lowest BCUT2D eigenvalue weighted by Gasteiger charge is -2.20. The Morgan fingerprint density at radius 1 is 1.28 bits per heavy atom. The van der Waals surface area contributed by atoms with Crippen molar-refractivity contribution in [3.8, 4) is 5.75 Å². The molecule has 0 saturated heterocycles. The predicted molar refractivity (Wildman–Crippen MR) is 75.0 cm³/mol. The number of hydrogen-bond acceptors (Lipinski definition) is 3. The number of hydrogen-bond donors (Lipinski definition) is 1. The van der Waals surface area contributed by atoms with Gasteiger partial charge in [0, 0.05) is 13.0 Å². The highest BCUT2D eigenvalue weighted by atomic mass is 16.5. The molecular formula is C15H24N2O. The van der Waals surface area contributed by atoms with E-state index in [1.54, 1.807) is 0 Å². The van der Waals surface area contributed by atoms with Gasteiger partial charge in [-0.15, -0.1) is 0 Å². The third kappa shape index (κ3) is 3.72. The zero-order valence-corrected chi connectivity index (χ0v) is 11.3. The molecule has 2 N–H and O–H groups in total. The maximum atomic E-state index is 5.94. The highest BCUT2D eigenvalue weighted by Gasteiger charge is 2.23. The average molecular weight is 248 g/mol. The zero-order chi connectivity index (χ0) is 12.8. The van der Waals surface area contributed by atoms with Gasteiger partial charge in [0.15, 0.2) is 0 Å². The van der Waals surface area contributed by atoms with E-state index in [0.717, 1.165) is 38.2 Å². The number of para-hydroxylation sites is 1. The third-order valence-corrected chi connectivity index (χ3v) is 3.47. The van der Waals surface area contributed by atoms with E-state index in [9.17, 15) is 0 Å². The van der Waals surface area contributed by atoms with Gasteiger partial charge in [-0.25, -0.2) is 0 Å². The van der Waals surface area contributed by atoms with Crippen molar-refractivity contribution in [3.63, 3.8) is 0 Å². The van der Waals surface area contributed by atoms with Gasteiger partial charge in [-0.1, -0.05) is 24.6 Å². The molecule has 3 heteroatoms. The van der Waals surface area contributed by atoms with Crippen molar-refractivity contribution < 1.29 is 4.74 Å². The van der Waals surface area contributed by atoms with Gasteiger partial charge < -0.3 is 15.4 Å². The summed E-state index contributed by atoms with van der Waals surface area (Å²) < 4.78 is 5.94. The summed E-state index contributed by atoms with van der Waals surface area (Å²) in [6.45, 7) is 2.96. The first-order valence-corrected chi connectivity index (χ1v) is 6.93. The van der Waals surface area contributed by atoms with E-state index in [4.69, 9.17) is 10.5 Å². The first-order chi connectivity index (χ1) is 8.79. The number of benzene rings is 1. The molecule has 3 nitrogen and oxygen atoms in total. The molecule has 0 saturated carbocycles. The van der Waals surface area contributed by atoms with Crippen LogP contribution in [0.5, 0.6) is 5.75 Å². The van der Waals surface area contributed by atoms with Crippen molar-refractivity contribution >= 4 is 0 Å². The largest absolute Gasteiger partial charge is 0.488 e. The predicted octanol–water partition coefficient (Wildman–Crippen LogP) is 2.05. The number of likely N-dealkylation sites (N-methyl/N-ethyl adjacent to an activating group) is 1. The van der Waals surface area contributed by atoms with Crippen LogP contribution in [0.4, 0.5) is 0 Å². The normalized spacial score (nSPS) is 17.8. The van der Waals surface area contributed by atoms with Crippen molar-refractivity contribution in [1.29, 1.82) is 0 Å². The van der Waals surface area contributed by atoms with E-state index in [2.05, 4.69) is 30.1 Å². The molecular weight excluding hydrogens is 224 g/mol. The summed E-state index contributed by atoms with van der Waals surface area (Å²) in [6, 6.07) is 8.35. The first-order valence-electron chi connectivity index (χ1n) is 6.93. The molecule has 1 aliphatic rings. The van der Waals surface area contributed by atoms with Crippen molar-refractivity contribution in [2.24, 2.45) is 5.73 Å². The maximum Gasteiger partial charge on any atom is 0.123 e. The Morgan fingerprint density at radius 2 is 2.11 bits per heavy atom. The highest BCUT2D eigenvalue weighted by Crippen LogP contribution is 2.28. The van der Waals surface area contributed by atoms with Gasteiger partial charge in [0.25, 0.3) is 0 Å². The van der Waals surface area contributed by atoms with Gasteiger partial charge in [0.05, 0.1) is 0 Å². The molecule has 1 aliphatic heterocycles. The van der Waals surface area contributed by atoms with Crippen LogP contribution in [0.15, 0.2) is 24.3 Å². The minimum Gasteiger partial charge on any atom is -0.488 e. The molecule has 0 aromatic heterocycles. The van der Waals surface area contributed by atoms with Gasteiger partial charge in [-0.2, -0.15) is 0 Å². The Bertz CT molecular complexity index is 342. The van der Waals surface area contributed by atoms with E-state index in [-0.39, 0.29) is 0 Å². The topological polar surface area (TPSA) is 38.5 Å². The molecule has 0 bridgehead atoms. The van der Waals surface area contributed by atoms with Gasteiger partial charge >= 0.3 is 0 Å². The lowest BCUT2D eigenvalue weighted by atomic mass is 10.1. The second-order valence-electron chi connectivity index (χ2n) is 5.16. The highest BCUT2D eigenvalue weighted by molar-refractivity contribution is 5.37. The Kier molecular flexibility index (Phi) is 5.02. The van der Waals surface area contributed by atoms with E-state index in [0.29, 0.717) is 6.10 Å². The van der Waals surface area contributed by atoms with Gasteiger partial charge in [-0.3, -0.25) is 0 Å². The summed E-state index contributed by atoms with van der Waals surface area (Å²) >= 11 is 0. The molecule has 1 heterocycles. The molecule has 1 aromatic carbocycles. The quantitative estimate of drug-likeness (QED) is 0.751. The molecule has 0 spiro atoms. The average Bonchev–Trinajstić information content (AvgIpc) is 2.76. The number of rotatable bonds is 7. The van der Waals surface area contributed by atoms with Crippen LogP contribution in [-0.2, 0) is 6.42 Å². The van der Waals surface area contributed by atoms with E-state index in [1.165, 1.54) is 18.4 Å².